The van der Waals surface area contributed by atoms with Crippen LogP contribution in [0.2, 0.25) is 0 Å². The van der Waals surface area contributed by atoms with Crippen LogP contribution in [0, 0.1) is 11.8 Å². The van der Waals surface area contributed by atoms with Gasteiger partial charge in [-0.05, 0) is 24.7 Å². The highest BCUT2D eigenvalue weighted by molar-refractivity contribution is 9.10. The molecule has 0 bridgehead atoms. The van der Waals surface area contributed by atoms with Gasteiger partial charge in [0.05, 0.1) is 4.83 Å². The van der Waals surface area contributed by atoms with E-state index in [1.54, 1.807) is 0 Å². The molecule has 16 heavy (non-hydrogen) atoms. The van der Waals surface area contributed by atoms with Crippen molar-refractivity contribution in [2.75, 3.05) is 0 Å². The van der Waals surface area contributed by atoms with Gasteiger partial charge in [-0.2, -0.15) is 0 Å². The van der Waals surface area contributed by atoms with E-state index in [9.17, 15) is 4.79 Å². The van der Waals surface area contributed by atoms with E-state index in [4.69, 9.17) is 0 Å². The third-order valence-electron chi connectivity index (χ3n) is 3.52. The minimum absolute atomic E-state index is 0.0528. The van der Waals surface area contributed by atoms with E-state index in [0.717, 1.165) is 6.42 Å². The first kappa shape index (κ1) is 14.0. The van der Waals surface area contributed by atoms with Crippen molar-refractivity contribution in [2.24, 2.45) is 11.8 Å². The summed E-state index contributed by atoms with van der Waals surface area (Å²) in [5, 5.41) is 3.20. The SMILES string of the molecule is CC(C)C(Br)C(=O)NC1CCCCCC1C. The predicted molar refractivity (Wildman–Crippen MR) is 71.7 cm³/mol. The molecule has 3 atom stereocenters. The number of carbonyl (C=O) groups excluding carboxylic acids is 1. The number of rotatable bonds is 3. The Morgan fingerprint density at radius 2 is 1.88 bits per heavy atom. The molecule has 0 saturated heterocycles. The van der Waals surface area contributed by atoms with Gasteiger partial charge in [-0.25, -0.2) is 0 Å². The number of amides is 1. The average molecular weight is 290 g/mol. The molecule has 1 N–H and O–H groups in total. The predicted octanol–water partition coefficient (Wildman–Crippen LogP) is 3.49. The first-order chi connectivity index (χ1) is 7.52. The lowest BCUT2D eigenvalue weighted by Crippen LogP contribution is -2.43. The van der Waals surface area contributed by atoms with Gasteiger partial charge >= 0.3 is 0 Å². The third kappa shape index (κ3) is 4.08. The normalized spacial score (nSPS) is 28.6. The molecule has 1 amide bonds. The number of nitrogens with one attached hydrogen (secondary N) is 1. The molecule has 94 valence electrons. The van der Waals surface area contributed by atoms with Crippen LogP contribution < -0.4 is 5.32 Å². The van der Waals surface area contributed by atoms with Crippen molar-refractivity contribution in [3.05, 3.63) is 0 Å². The molecule has 0 aromatic rings. The molecule has 3 heteroatoms. The maximum atomic E-state index is 12.0. The van der Waals surface area contributed by atoms with Crippen molar-refractivity contribution in [1.82, 2.24) is 5.32 Å². The number of hydrogen-bond donors (Lipinski definition) is 1. The van der Waals surface area contributed by atoms with Crippen LogP contribution >= 0.6 is 15.9 Å². The molecule has 1 aliphatic carbocycles. The Bertz CT molecular complexity index is 230. The van der Waals surface area contributed by atoms with E-state index in [1.807, 2.05) is 0 Å². The van der Waals surface area contributed by atoms with Crippen LogP contribution in [0.5, 0.6) is 0 Å². The van der Waals surface area contributed by atoms with Crippen molar-refractivity contribution in [1.29, 1.82) is 0 Å². The van der Waals surface area contributed by atoms with Crippen molar-refractivity contribution >= 4 is 21.8 Å². The number of halogens is 1. The zero-order chi connectivity index (χ0) is 12.1. The minimum atomic E-state index is -0.0528. The zero-order valence-corrected chi connectivity index (χ0v) is 12.2. The highest BCUT2D eigenvalue weighted by Crippen LogP contribution is 2.23. The maximum absolute atomic E-state index is 12.0. The van der Waals surface area contributed by atoms with Crippen molar-refractivity contribution in [3.63, 3.8) is 0 Å². The lowest BCUT2D eigenvalue weighted by molar-refractivity contribution is -0.122. The highest BCUT2D eigenvalue weighted by atomic mass is 79.9. The zero-order valence-electron chi connectivity index (χ0n) is 10.6. The first-order valence-electron chi connectivity index (χ1n) is 6.46. The average Bonchev–Trinajstić information content (AvgIpc) is 2.43. The van der Waals surface area contributed by atoms with Gasteiger partial charge in [0.1, 0.15) is 0 Å². The smallest absolute Gasteiger partial charge is 0.234 e. The van der Waals surface area contributed by atoms with Crippen molar-refractivity contribution < 1.29 is 4.79 Å². The van der Waals surface area contributed by atoms with Crippen LogP contribution in [-0.4, -0.2) is 16.8 Å². The quantitative estimate of drug-likeness (QED) is 0.625. The largest absolute Gasteiger partial charge is 0.352 e. The number of carbonyl (C=O) groups is 1. The second-order valence-electron chi connectivity index (χ2n) is 5.38. The van der Waals surface area contributed by atoms with E-state index < -0.39 is 0 Å². The molecule has 1 fully saturated rings. The molecule has 2 nitrogen and oxygen atoms in total. The second kappa shape index (κ2) is 6.63. The number of alkyl halides is 1. The van der Waals surface area contributed by atoms with Gasteiger partial charge in [0, 0.05) is 6.04 Å². The Hall–Kier alpha value is -0.0500. The lowest BCUT2D eigenvalue weighted by Gasteiger charge is -2.25. The monoisotopic (exact) mass is 289 g/mol. The summed E-state index contributed by atoms with van der Waals surface area (Å²) in [5.74, 6) is 1.13. The van der Waals surface area contributed by atoms with Gasteiger partial charge in [0.25, 0.3) is 0 Å². The maximum Gasteiger partial charge on any atom is 0.234 e. The second-order valence-corrected chi connectivity index (χ2v) is 6.36. The molecule has 1 aliphatic rings. The van der Waals surface area contributed by atoms with Crippen LogP contribution in [0.1, 0.15) is 52.9 Å². The summed E-state index contributed by atoms with van der Waals surface area (Å²) in [6.07, 6.45) is 6.28. The van der Waals surface area contributed by atoms with E-state index in [-0.39, 0.29) is 10.7 Å². The highest BCUT2D eigenvalue weighted by Gasteiger charge is 2.25. The van der Waals surface area contributed by atoms with Crippen LogP contribution in [0.25, 0.3) is 0 Å². The standard InChI is InChI=1S/C13H24BrNO/c1-9(2)12(14)13(16)15-11-8-6-4-5-7-10(11)3/h9-12H,4-8H2,1-3H3,(H,15,16). The van der Waals surface area contributed by atoms with Crippen LogP contribution in [0.4, 0.5) is 0 Å². The molecular formula is C13H24BrNO. The fraction of sp³-hybridized carbons (Fsp3) is 0.923. The summed E-state index contributed by atoms with van der Waals surface area (Å²) >= 11 is 3.46. The van der Waals surface area contributed by atoms with Gasteiger partial charge < -0.3 is 5.32 Å². The summed E-state index contributed by atoms with van der Waals surface area (Å²) in [6, 6.07) is 0.383. The van der Waals surface area contributed by atoms with E-state index in [2.05, 4.69) is 42.0 Å². The molecule has 1 rings (SSSR count). The van der Waals surface area contributed by atoms with Crippen molar-refractivity contribution in [3.8, 4) is 0 Å². The summed E-state index contributed by atoms with van der Waals surface area (Å²) < 4.78 is 0. The molecule has 0 radical (unpaired) electrons. The molecule has 0 aromatic carbocycles. The van der Waals surface area contributed by atoms with Crippen LogP contribution in [-0.2, 0) is 4.79 Å². The molecule has 0 aliphatic heterocycles. The molecule has 0 spiro atoms. The molecule has 0 heterocycles. The van der Waals surface area contributed by atoms with Crippen LogP contribution in [0.3, 0.4) is 0 Å². The molecule has 3 unspecified atom stereocenters. The summed E-state index contributed by atoms with van der Waals surface area (Å²) in [6.45, 7) is 6.39. The molecular weight excluding hydrogens is 266 g/mol. The topological polar surface area (TPSA) is 29.1 Å². The Kier molecular flexibility index (Phi) is 5.81. The first-order valence-corrected chi connectivity index (χ1v) is 7.38. The lowest BCUT2D eigenvalue weighted by atomic mass is 9.96. The summed E-state index contributed by atoms with van der Waals surface area (Å²) in [4.78, 5) is 11.9. The van der Waals surface area contributed by atoms with Crippen molar-refractivity contribution in [2.45, 2.75) is 63.7 Å². The Balaban J connectivity index is 2.48. The minimum Gasteiger partial charge on any atom is -0.352 e. The number of hydrogen-bond acceptors (Lipinski definition) is 1. The van der Waals surface area contributed by atoms with E-state index in [0.29, 0.717) is 17.9 Å². The van der Waals surface area contributed by atoms with E-state index in [1.165, 1.54) is 25.7 Å². The Morgan fingerprint density at radius 1 is 1.25 bits per heavy atom. The third-order valence-corrected chi connectivity index (χ3v) is 5.00. The molecule has 0 aromatic heterocycles. The summed E-state index contributed by atoms with van der Waals surface area (Å²) in [7, 11) is 0. The van der Waals surface area contributed by atoms with Gasteiger partial charge in [0.15, 0.2) is 0 Å². The molecule has 1 saturated carbocycles. The fourth-order valence-electron chi connectivity index (χ4n) is 2.27. The van der Waals surface area contributed by atoms with Gasteiger partial charge in [-0.1, -0.05) is 56.0 Å². The van der Waals surface area contributed by atoms with Crippen LogP contribution in [0.15, 0.2) is 0 Å². The fourth-order valence-corrected chi connectivity index (χ4v) is 2.40. The summed E-state index contributed by atoms with van der Waals surface area (Å²) in [5.41, 5.74) is 0. The van der Waals surface area contributed by atoms with Gasteiger partial charge in [-0.3, -0.25) is 4.79 Å². The van der Waals surface area contributed by atoms with E-state index >= 15 is 0 Å². The van der Waals surface area contributed by atoms with Gasteiger partial charge in [0.2, 0.25) is 5.91 Å². The Labute approximate surface area is 108 Å². The van der Waals surface area contributed by atoms with Gasteiger partial charge in [-0.15, -0.1) is 0 Å². The Morgan fingerprint density at radius 3 is 2.50 bits per heavy atom.